The van der Waals surface area contributed by atoms with Crippen LogP contribution in [0.25, 0.3) is 0 Å². The summed E-state index contributed by atoms with van der Waals surface area (Å²) in [5.74, 6) is -0.543. The van der Waals surface area contributed by atoms with Crippen molar-refractivity contribution in [2.45, 2.75) is 6.92 Å². The van der Waals surface area contributed by atoms with Gasteiger partial charge in [0.2, 0.25) is 0 Å². The van der Waals surface area contributed by atoms with E-state index >= 15 is 0 Å². The molecular formula is C6H7NO3. The number of aryl methyl sites for hydroxylation is 1. The molecule has 0 unspecified atom stereocenters. The Hall–Kier alpha value is -1.45. The van der Waals surface area contributed by atoms with Gasteiger partial charge in [0, 0.05) is 0 Å². The van der Waals surface area contributed by atoms with Crippen LogP contribution in [0.5, 0.6) is 5.75 Å². The van der Waals surface area contributed by atoms with E-state index < -0.39 is 5.91 Å². The van der Waals surface area contributed by atoms with Crippen LogP contribution in [0.2, 0.25) is 0 Å². The first kappa shape index (κ1) is 6.67. The number of nitrogens with two attached hydrogens (primary N) is 1. The number of rotatable bonds is 1. The maximum absolute atomic E-state index is 10.5. The summed E-state index contributed by atoms with van der Waals surface area (Å²) in [6, 6.07) is 0. The molecule has 1 amide bonds. The predicted molar refractivity (Wildman–Crippen MR) is 33.6 cm³/mol. The van der Waals surface area contributed by atoms with Crippen molar-refractivity contribution in [3.8, 4) is 5.75 Å². The molecule has 54 valence electrons. The van der Waals surface area contributed by atoms with Crippen molar-refractivity contribution in [1.29, 1.82) is 0 Å². The Morgan fingerprint density at radius 2 is 2.40 bits per heavy atom. The highest BCUT2D eigenvalue weighted by molar-refractivity contribution is 5.96. The molecule has 0 radical (unpaired) electrons. The number of amides is 1. The second-order valence-corrected chi connectivity index (χ2v) is 1.92. The molecule has 0 saturated heterocycles. The van der Waals surface area contributed by atoms with E-state index in [0.29, 0.717) is 5.76 Å². The lowest BCUT2D eigenvalue weighted by Crippen LogP contribution is -2.11. The summed E-state index contributed by atoms with van der Waals surface area (Å²) in [4.78, 5) is 10.5. The zero-order valence-corrected chi connectivity index (χ0v) is 5.42. The minimum Gasteiger partial charge on any atom is -0.504 e. The molecule has 0 bridgehead atoms. The monoisotopic (exact) mass is 141 g/mol. The van der Waals surface area contributed by atoms with Crippen LogP contribution in [0.3, 0.4) is 0 Å². The first-order valence-corrected chi connectivity index (χ1v) is 2.69. The lowest BCUT2D eigenvalue weighted by molar-refractivity contribution is 0.0996. The Kier molecular flexibility index (Phi) is 1.37. The van der Waals surface area contributed by atoms with Crippen LogP contribution in [-0.4, -0.2) is 11.0 Å². The van der Waals surface area contributed by atoms with E-state index in [-0.39, 0.29) is 11.3 Å². The molecule has 4 heteroatoms. The van der Waals surface area contributed by atoms with Crippen molar-refractivity contribution in [3.05, 3.63) is 17.6 Å². The van der Waals surface area contributed by atoms with E-state index in [2.05, 4.69) is 0 Å². The molecule has 1 aromatic heterocycles. The molecule has 0 aliphatic carbocycles. The number of hydrogen-bond donors (Lipinski definition) is 2. The van der Waals surface area contributed by atoms with Crippen molar-refractivity contribution in [2.24, 2.45) is 5.73 Å². The second-order valence-electron chi connectivity index (χ2n) is 1.92. The molecule has 3 N–H and O–H groups in total. The van der Waals surface area contributed by atoms with E-state index in [0.717, 1.165) is 6.26 Å². The molecule has 0 aromatic carbocycles. The molecule has 10 heavy (non-hydrogen) atoms. The highest BCUT2D eigenvalue weighted by atomic mass is 16.4. The van der Waals surface area contributed by atoms with Crippen molar-refractivity contribution in [1.82, 2.24) is 0 Å². The third-order valence-corrected chi connectivity index (χ3v) is 1.20. The molecule has 4 nitrogen and oxygen atoms in total. The van der Waals surface area contributed by atoms with Crippen LogP contribution in [0, 0.1) is 6.92 Å². The highest BCUT2D eigenvalue weighted by Crippen LogP contribution is 2.21. The summed E-state index contributed by atoms with van der Waals surface area (Å²) in [5, 5.41) is 8.91. The van der Waals surface area contributed by atoms with Gasteiger partial charge in [-0.05, 0) is 6.92 Å². The summed E-state index contributed by atoms with van der Waals surface area (Å²) in [5.41, 5.74) is 4.96. The first-order valence-electron chi connectivity index (χ1n) is 2.69. The minimum atomic E-state index is -0.677. The average Bonchev–Trinajstić information content (AvgIpc) is 2.11. The van der Waals surface area contributed by atoms with Crippen LogP contribution in [0.15, 0.2) is 10.7 Å². The molecule has 1 aromatic rings. The lowest BCUT2D eigenvalue weighted by atomic mass is 10.2. The van der Waals surface area contributed by atoms with Gasteiger partial charge in [0.15, 0.2) is 5.75 Å². The zero-order valence-electron chi connectivity index (χ0n) is 5.42. The van der Waals surface area contributed by atoms with Crippen LogP contribution in [0.1, 0.15) is 16.1 Å². The smallest absolute Gasteiger partial charge is 0.256 e. The highest BCUT2D eigenvalue weighted by Gasteiger charge is 2.13. The van der Waals surface area contributed by atoms with Gasteiger partial charge in [0.1, 0.15) is 17.6 Å². The summed E-state index contributed by atoms with van der Waals surface area (Å²) >= 11 is 0. The van der Waals surface area contributed by atoms with Gasteiger partial charge < -0.3 is 15.3 Å². The Balaban J connectivity index is 3.23. The molecule has 1 heterocycles. The Morgan fingerprint density at radius 1 is 1.80 bits per heavy atom. The van der Waals surface area contributed by atoms with E-state index in [1.807, 2.05) is 0 Å². The molecule has 0 fully saturated rings. The maximum atomic E-state index is 10.5. The number of hydrogen-bond acceptors (Lipinski definition) is 3. The molecule has 0 aliphatic rings. The van der Waals surface area contributed by atoms with Crippen LogP contribution in [-0.2, 0) is 0 Å². The van der Waals surface area contributed by atoms with Gasteiger partial charge in [-0.3, -0.25) is 4.79 Å². The van der Waals surface area contributed by atoms with Crippen molar-refractivity contribution in [3.63, 3.8) is 0 Å². The number of aromatic hydroxyl groups is 1. The number of primary amides is 1. The number of furan rings is 1. The third-order valence-electron chi connectivity index (χ3n) is 1.20. The fourth-order valence-corrected chi connectivity index (χ4v) is 0.742. The van der Waals surface area contributed by atoms with E-state index in [1.165, 1.54) is 0 Å². The van der Waals surface area contributed by atoms with E-state index in [4.69, 9.17) is 15.3 Å². The SMILES string of the molecule is Cc1occ(O)c1C(N)=O. The van der Waals surface area contributed by atoms with Crippen molar-refractivity contribution >= 4 is 5.91 Å². The third kappa shape index (κ3) is 0.834. The fraction of sp³-hybridized carbons (Fsp3) is 0.167. The van der Waals surface area contributed by atoms with Crippen LogP contribution in [0.4, 0.5) is 0 Å². The molecule has 1 rings (SSSR count). The molecule has 0 spiro atoms. The summed E-state index contributed by atoms with van der Waals surface area (Å²) in [7, 11) is 0. The standard InChI is InChI=1S/C6H7NO3/c1-3-5(6(7)9)4(8)2-10-3/h2,8H,1H3,(H2,7,9). The summed E-state index contributed by atoms with van der Waals surface area (Å²) in [6.07, 6.45) is 1.08. The largest absolute Gasteiger partial charge is 0.504 e. The predicted octanol–water partition coefficient (Wildman–Crippen LogP) is 0.393. The van der Waals surface area contributed by atoms with Crippen LogP contribution < -0.4 is 5.73 Å². The van der Waals surface area contributed by atoms with Gasteiger partial charge >= 0.3 is 0 Å². The normalized spacial score (nSPS) is 9.70. The van der Waals surface area contributed by atoms with Gasteiger partial charge in [-0.25, -0.2) is 0 Å². The summed E-state index contributed by atoms with van der Waals surface area (Å²) < 4.78 is 4.71. The number of carbonyl (C=O) groups is 1. The first-order chi connectivity index (χ1) is 4.63. The number of carbonyl (C=O) groups excluding carboxylic acids is 1. The molecule has 0 atom stereocenters. The zero-order chi connectivity index (χ0) is 7.72. The van der Waals surface area contributed by atoms with Crippen molar-refractivity contribution in [2.75, 3.05) is 0 Å². The van der Waals surface area contributed by atoms with Gasteiger partial charge in [-0.1, -0.05) is 0 Å². The van der Waals surface area contributed by atoms with Gasteiger partial charge in [-0.15, -0.1) is 0 Å². The van der Waals surface area contributed by atoms with Gasteiger partial charge in [0.05, 0.1) is 0 Å². The van der Waals surface area contributed by atoms with Gasteiger partial charge in [-0.2, -0.15) is 0 Å². The maximum Gasteiger partial charge on any atom is 0.256 e. The van der Waals surface area contributed by atoms with Crippen molar-refractivity contribution < 1.29 is 14.3 Å². The van der Waals surface area contributed by atoms with Crippen LogP contribution >= 0.6 is 0 Å². The fourth-order valence-electron chi connectivity index (χ4n) is 0.742. The Labute approximate surface area is 57.3 Å². The molecular weight excluding hydrogens is 134 g/mol. The summed E-state index contributed by atoms with van der Waals surface area (Å²) in [6.45, 7) is 1.56. The quantitative estimate of drug-likeness (QED) is 0.594. The minimum absolute atomic E-state index is 0.0556. The van der Waals surface area contributed by atoms with E-state index in [1.54, 1.807) is 6.92 Å². The molecule has 0 aliphatic heterocycles. The van der Waals surface area contributed by atoms with E-state index in [9.17, 15) is 4.79 Å². The lowest BCUT2D eigenvalue weighted by Gasteiger charge is -1.89. The Morgan fingerprint density at radius 3 is 2.60 bits per heavy atom. The Bertz CT molecular complexity index is 244. The van der Waals surface area contributed by atoms with Gasteiger partial charge in [0.25, 0.3) is 5.91 Å². The topological polar surface area (TPSA) is 76.5 Å². The average molecular weight is 141 g/mol. The second kappa shape index (κ2) is 2.06. The molecule has 0 saturated carbocycles.